The summed E-state index contributed by atoms with van der Waals surface area (Å²) in [4.78, 5) is 25.8. The van der Waals surface area contributed by atoms with Gasteiger partial charge in [-0.1, -0.05) is 25.5 Å². The third-order valence-electron chi connectivity index (χ3n) is 8.86. The first kappa shape index (κ1) is 36.7. The minimum Gasteiger partial charge on any atom is -0.493 e. The molecule has 1 fully saturated rings. The van der Waals surface area contributed by atoms with Crippen molar-refractivity contribution < 1.29 is 59.6 Å². The van der Waals surface area contributed by atoms with E-state index in [-0.39, 0.29) is 17.2 Å². The fourth-order valence-electron chi connectivity index (χ4n) is 5.98. The molecule has 0 saturated carbocycles. The lowest BCUT2D eigenvalue weighted by Gasteiger charge is -2.23. The summed E-state index contributed by atoms with van der Waals surface area (Å²) in [5, 5.41) is 0. The maximum Gasteiger partial charge on any atom is 0.439 e. The summed E-state index contributed by atoms with van der Waals surface area (Å²) in [5.41, 5.74) is 4.61. The monoisotopic (exact) mass is 728 g/mol. The molecule has 4 aromatic rings. The molecule has 52 heavy (non-hydrogen) atoms. The first-order valence-electron chi connectivity index (χ1n) is 16.6. The maximum atomic E-state index is 13.6. The average Bonchev–Trinajstić information content (AvgIpc) is 3.89. The van der Waals surface area contributed by atoms with Crippen LogP contribution in [0.5, 0.6) is 23.0 Å². The Hall–Kier alpha value is -5.04. The van der Waals surface area contributed by atoms with Crippen molar-refractivity contribution in [3.05, 3.63) is 107 Å². The van der Waals surface area contributed by atoms with Gasteiger partial charge >= 0.3 is 24.2 Å². The smallest absolute Gasteiger partial charge is 0.439 e. The molecule has 3 atom stereocenters. The summed E-state index contributed by atoms with van der Waals surface area (Å²) < 4.78 is 104. The number of carbonyl (C=O) groups excluding carboxylic acids is 2. The number of aryl methyl sites for hydroxylation is 1. The third-order valence-corrected chi connectivity index (χ3v) is 8.86. The Labute approximate surface area is 295 Å². The lowest BCUT2D eigenvalue weighted by atomic mass is 9.99. The van der Waals surface area contributed by atoms with E-state index in [1.165, 1.54) is 0 Å². The van der Waals surface area contributed by atoms with Gasteiger partial charge in [0.05, 0.1) is 30.4 Å². The number of halogens is 6. The van der Waals surface area contributed by atoms with Gasteiger partial charge in [-0.15, -0.1) is 0 Å². The van der Waals surface area contributed by atoms with Crippen LogP contribution < -0.4 is 18.9 Å². The molecule has 1 aliphatic heterocycles. The molecule has 1 saturated heterocycles. The number of hydrogen-bond donors (Lipinski definition) is 0. The second kappa shape index (κ2) is 14.9. The number of esters is 2. The van der Waals surface area contributed by atoms with Crippen LogP contribution in [-0.4, -0.2) is 49.7 Å². The first-order valence-corrected chi connectivity index (χ1v) is 16.6. The van der Waals surface area contributed by atoms with Crippen LogP contribution in [0.2, 0.25) is 0 Å². The summed E-state index contributed by atoms with van der Waals surface area (Å²) in [6, 6.07) is 19.1. The van der Waals surface area contributed by atoms with E-state index < -0.39 is 36.1 Å². The normalized spacial score (nSPS) is 16.8. The highest BCUT2D eigenvalue weighted by atomic mass is 19.4. The number of unbranched alkanes of at least 4 members (excludes halogenated alkanes) is 2. The van der Waals surface area contributed by atoms with E-state index in [1.54, 1.807) is 48.5 Å². The van der Waals surface area contributed by atoms with Gasteiger partial charge in [-0.2, -0.15) is 22.0 Å². The molecule has 7 nitrogen and oxygen atoms in total. The van der Waals surface area contributed by atoms with Crippen molar-refractivity contribution in [3.8, 4) is 34.1 Å². The summed E-state index contributed by atoms with van der Waals surface area (Å²) in [6.45, 7) is 5.29. The van der Waals surface area contributed by atoms with Crippen LogP contribution in [0.3, 0.4) is 0 Å². The third kappa shape index (κ3) is 8.52. The van der Waals surface area contributed by atoms with E-state index in [0.29, 0.717) is 29.8 Å². The molecule has 1 aliphatic carbocycles. The van der Waals surface area contributed by atoms with Crippen LogP contribution in [0.25, 0.3) is 11.1 Å². The van der Waals surface area contributed by atoms with E-state index in [9.17, 15) is 35.9 Å². The van der Waals surface area contributed by atoms with Crippen LogP contribution in [0.1, 0.15) is 75.9 Å². The molecule has 3 unspecified atom stereocenters. The SMILES string of the molecule is Cc1cc(C(=O)Oc2ccc3c(c2)C(C)c2cc(OC(=O)c4ccc(OC(F)(F)C(F)C(F)(F)F)cc4)ccc2-3)ccc1OCCCCCC1CO1. The molecule has 13 heteroatoms. The van der Waals surface area contributed by atoms with Crippen LogP contribution in [0.15, 0.2) is 78.9 Å². The van der Waals surface area contributed by atoms with Gasteiger partial charge in [0, 0.05) is 5.92 Å². The summed E-state index contributed by atoms with van der Waals surface area (Å²) in [7, 11) is 0. The number of alkyl halides is 6. The fraction of sp³-hybridized carbons (Fsp3) is 0.333. The van der Waals surface area contributed by atoms with Gasteiger partial charge in [-0.05, 0) is 121 Å². The van der Waals surface area contributed by atoms with Crippen molar-refractivity contribution in [3.63, 3.8) is 0 Å². The standard InChI is InChI=1S/C39H34F6O7/c1-22-18-25(9-16-34(22)48-17-5-3-4-6-29-21-49-29)36(47)51-28-13-15-31-30-14-12-27(19-32(30)23(2)33(31)20-28)50-35(46)24-7-10-26(11-8-24)52-39(44,45)37(40)38(41,42)43/h7-16,18-20,23,29,37H,3-6,17,21H2,1-2H3. The van der Waals surface area contributed by atoms with Gasteiger partial charge in [0.25, 0.3) is 6.17 Å². The lowest BCUT2D eigenvalue weighted by Crippen LogP contribution is -2.45. The Balaban J connectivity index is 1.04. The molecule has 6 rings (SSSR count). The molecular weight excluding hydrogens is 694 g/mol. The number of epoxide rings is 1. The van der Waals surface area contributed by atoms with Crippen molar-refractivity contribution >= 4 is 11.9 Å². The van der Waals surface area contributed by atoms with Crippen molar-refractivity contribution in [2.24, 2.45) is 0 Å². The summed E-state index contributed by atoms with van der Waals surface area (Å²) in [5.74, 6) is -1.09. The number of hydrogen-bond acceptors (Lipinski definition) is 7. The topological polar surface area (TPSA) is 83.6 Å². The van der Waals surface area contributed by atoms with E-state index in [2.05, 4.69) is 4.74 Å². The van der Waals surface area contributed by atoms with Gasteiger partial charge in [-0.3, -0.25) is 0 Å². The highest BCUT2D eigenvalue weighted by Gasteiger charge is 2.59. The Morgan fingerprint density at radius 2 is 1.33 bits per heavy atom. The molecule has 0 aromatic heterocycles. The predicted molar refractivity (Wildman–Crippen MR) is 177 cm³/mol. The zero-order valence-electron chi connectivity index (χ0n) is 28.1. The van der Waals surface area contributed by atoms with E-state index in [0.717, 1.165) is 84.4 Å². The highest BCUT2D eigenvalue weighted by molar-refractivity contribution is 5.92. The maximum absolute atomic E-state index is 13.6. The van der Waals surface area contributed by atoms with Crippen LogP contribution >= 0.6 is 0 Å². The van der Waals surface area contributed by atoms with Crippen LogP contribution in [0, 0.1) is 6.92 Å². The predicted octanol–water partition coefficient (Wildman–Crippen LogP) is 9.78. The van der Waals surface area contributed by atoms with E-state index in [4.69, 9.17) is 18.9 Å². The molecule has 0 amide bonds. The van der Waals surface area contributed by atoms with Crippen molar-refractivity contribution in [2.75, 3.05) is 13.2 Å². The van der Waals surface area contributed by atoms with Gasteiger partial charge in [0.15, 0.2) is 0 Å². The van der Waals surface area contributed by atoms with Crippen LogP contribution in [-0.2, 0) is 4.74 Å². The molecule has 0 N–H and O–H groups in total. The molecule has 0 bridgehead atoms. The number of benzene rings is 4. The van der Waals surface area contributed by atoms with Gasteiger partial charge in [-0.25, -0.2) is 14.0 Å². The number of fused-ring (bicyclic) bond motifs is 3. The number of carbonyl (C=O) groups is 2. The molecule has 4 aromatic carbocycles. The largest absolute Gasteiger partial charge is 0.493 e. The van der Waals surface area contributed by atoms with E-state index in [1.807, 2.05) is 19.9 Å². The summed E-state index contributed by atoms with van der Waals surface area (Å²) >= 11 is 0. The Bertz CT molecular complexity index is 1940. The van der Waals surface area contributed by atoms with E-state index >= 15 is 0 Å². The lowest BCUT2D eigenvalue weighted by molar-refractivity contribution is -0.304. The second-order valence-electron chi connectivity index (χ2n) is 12.7. The van der Waals surface area contributed by atoms with Gasteiger partial charge in [0.2, 0.25) is 0 Å². The summed E-state index contributed by atoms with van der Waals surface area (Å²) in [6.07, 6.45) is -10.9. The van der Waals surface area contributed by atoms with Crippen LogP contribution in [0.4, 0.5) is 26.3 Å². The molecular formula is C39H34F6O7. The fourth-order valence-corrected chi connectivity index (χ4v) is 5.98. The average molecular weight is 729 g/mol. The zero-order valence-corrected chi connectivity index (χ0v) is 28.1. The number of ether oxygens (including phenoxy) is 5. The Morgan fingerprint density at radius 1 is 0.769 bits per heavy atom. The molecule has 1 heterocycles. The zero-order chi connectivity index (χ0) is 37.2. The first-order chi connectivity index (χ1) is 24.7. The van der Waals surface area contributed by atoms with Gasteiger partial charge in [0.1, 0.15) is 23.0 Å². The Kier molecular flexibility index (Phi) is 10.5. The molecule has 2 aliphatic rings. The quantitative estimate of drug-likeness (QED) is 0.0420. The van der Waals surface area contributed by atoms with Gasteiger partial charge < -0.3 is 23.7 Å². The molecule has 0 radical (unpaired) electrons. The van der Waals surface area contributed by atoms with Crippen molar-refractivity contribution in [1.82, 2.24) is 0 Å². The minimum atomic E-state index is -5.83. The highest BCUT2D eigenvalue weighted by Crippen LogP contribution is 2.47. The second-order valence-corrected chi connectivity index (χ2v) is 12.7. The Morgan fingerprint density at radius 3 is 1.88 bits per heavy atom. The number of rotatable bonds is 14. The van der Waals surface area contributed by atoms with Crippen molar-refractivity contribution in [2.45, 2.75) is 70.0 Å². The minimum absolute atomic E-state index is 0.116. The molecule has 274 valence electrons. The van der Waals surface area contributed by atoms with Crippen molar-refractivity contribution in [1.29, 1.82) is 0 Å². The molecule has 0 spiro atoms.